The van der Waals surface area contributed by atoms with Gasteiger partial charge >= 0.3 is 18.3 Å². The summed E-state index contributed by atoms with van der Waals surface area (Å²) in [4.78, 5) is 28.7. The van der Waals surface area contributed by atoms with Crippen LogP contribution < -0.4 is 0 Å². The molecule has 0 unspecified atom stereocenters. The lowest BCUT2D eigenvalue weighted by molar-refractivity contribution is -0.143. The van der Waals surface area contributed by atoms with Gasteiger partial charge in [0, 0.05) is 18.5 Å². The minimum atomic E-state index is -5.00. The molecule has 2 heterocycles. The number of benzene rings is 1. The van der Waals surface area contributed by atoms with Crippen LogP contribution in [0.4, 0.5) is 26.3 Å². The minimum Gasteiger partial charge on any atom is -0.481 e. The van der Waals surface area contributed by atoms with Crippen LogP contribution in [0.3, 0.4) is 0 Å². The molecule has 1 aliphatic heterocycles. The number of rotatable bonds is 6. The van der Waals surface area contributed by atoms with Gasteiger partial charge in [0.2, 0.25) is 0 Å². The van der Waals surface area contributed by atoms with E-state index in [2.05, 4.69) is 4.98 Å². The quantitative estimate of drug-likeness (QED) is 0.293. The van der Waals surface area contributed by atoms with E-state index < -0.39 is 40.9 Å². The zero-order valence-corrected chi connectivity index (χ0v) is 18.5. The van der Waals surface area contributed by atoms with Crippen LogP contribution in [0.2, 0.25) is 0 Å². The summed E-state index contributed by atoms with van der Waals surface area (Å²) in [5.41, 5.74) is -3.35. The number of thioether (sulfide) groups is 1. The van der Waals surface area contributed by atoms with Crippen molar-refractivity contribution in [3.05, 3.63) is 58.1 Å². The van der Waals surface area contributed by atoms with Crippen LogP contribution in [0.25, 0.3) is 17.3 Å². The van der Waals surface area contributed by atoms with Gasteiger partial charge in [-0.25, -0.2) is 4.98 Å². The molecule has 34 heavy (non-hydrogen) atoms. The minimum absolute atomic E-state index is 0.0308. The van der Waals surface area contributed by atoms with E-state index in [1.54, 1.807) is 0 Å². The van der Waals surface area contributed by atoms with Crippen molar-refractivity contribution in [1.82, 2.24) is 9.88 Å². The van der Waals surface area contributed by atoms with Crippen molar-refractivity contribution in [2.24, 2.45) is 0 Å². The molecule has 0 radical (unpaired) electrons. The maximum absolute atomic E-state index is 13.2. The monoisotopic (exact) mass is 520 g/mol. The van der Waals surface area contributed by atoms with Gasteiger partial charge in [0.15, 0.2) is 0 Å². The van der Waals surface area contributed by atoms with Crippen molar-refractivity contribution in [2.75, 3.05) is 6.54 Å². The normalized spacial score (nSPS) is 15.9. The van der Waals surface area contributed by atoms with E-state index in [0.29, 0.717) is 12.1 Å². The maximum Gasteiger partial charge on any atom is 0.416 e. The Kier molecular flexibility index (Phi) is 7.36. The number of hydrogen-bond acceptors (Lipinski definition) is 5. The maximum atomic E-state index is 13.2. The highest BCUT2D eigenvalue weighted by Crippen LogP contribution is 2.38. The summed E-state index contributed by atoms with van der Waals surface area (Å²) in [6.07, 6.45) is -8.65. The molecule has 180 valence electrons. The zero-order chi connectivity index (χ0) is 25.3. The van der Waals surface area contributed by atoms with Crippen LogP contribution in [0.5, 0.6) is 0 Å². The van der Waals surface area contributed by atoms with Gasteiger partial charge in [0.05, 0.1) is 27.4 Å². The van der Waals surface area contributed by atoms with Gasteiger partial charge in [-0.1, -0.05) is 30.0 Å². The van der Waals surface area contributed by atoms with Crippen molar-refractivity contribution in [1.29, 1.82) is 0 Å². The highest BCUT2D eigenvalue weighted by molar-refractivity contribution is 8.26. The molecule has 13 heteroatoms. The molecule has 1 saturated heterocycles. The number of carboxylic acids is 1. The van der Waals surface area contributed by atoms with Crippen LogP contribution in [-0.2, 0) is 21.9 Å². The third kappa shape index (κ3) is 6.14. The smallest absolute Gasteiger partial charge is 0.416 e. The fourth-order valence-electron chi connectivity index (χ4n) is 3.01. The summed E-state index contributed by atoms with van der Waals surface area (Å²) < 4.78 is 79.2. The Morgan fingerprint density at radius 1 is 1.09 bits per heavy atom. The summed E-state index contributed by atoms with van der Waals surface area (Å²) in [6.45, 7) is 0.0895. The first-order valence-corrected chi connectivity index (χ1v) is 10.7. The van der Waals surface area contributed by atoms with Crippen molar-refractivity contribution >= 4 is 46.3 Å². The first kappa shape index (κ1) is 25.7. The molecule has 1 amide bonds. The average molecular weight is 520 g/mol. The van der Waals surface area contributed by atoms with Crippen LogP contribution in [0.15, 0.2) is 41.3 Å². The average Bonchev–Trinajstić information content (AvgIpc) is 2.99. The molecule has 1 N–H and O–H groups in total. The number of carboxylic acid groups (broad SMARTS) is 1. The van der Waals surface area contributed by atoms with Gasteiger partial charge < -0.3 is 5.11 Å². The van der Waals surface area contributed by atoms with Crippen molar-refractivity contribution < 1.29 is 41.0 Å². The van der Waals surface area contributed by atoms with E-state index in [1.807, 2.05) is 0 Å². The molecular formula is C21H14F6N2O3S2. The number of thiocarbonyl (C=S) groups is 1. The van der Waals surface area contributed by atoms with Gasteiger partial charge in [-0.15, -0.1) is 0 Å². The molecule has 1 aromatic carbocycles. The molecule has 1 fully saturated rings. The molecule has 0 saturated carbocycles. The predicted molar refractivity (Wildman–Crippen MR) is 116 cm³/mol. The number of nitrogens with zero attached hydrogens (tertiary/aromatic N) is 2. The van der Waals surface area contributed by atoms with Gasteiger partial charge in [0.1, 0.15) is 4.32 Å². The second-order valence-electron chi connectivity index (χ2n) is 7.07. The molecule has 1 aromatic heterocycles. The molecule has 1 aliphatic rings. The Labute approximate surface area is 198 Å². The van der Waals surface area contributed by atoms with E-state index in [9.17, 15) is 35.9 Å². The second kappa shape index (κ2) is 9.74. The molecule has 0 bridgehead atoms. The van der Waals surface area contributed by atoms with Gasteiger partial charge in [-0.2, -0.15) is 26.3 Å². The van der Waals surface area contributed by atoms with E-state index in [0.717, 1.165) is 11.8 Å². The number of hydrogen-bond donors (Lipinski definition) is 1. The van der Waals surface area contributed by atoms with Gasteiger partial charge in [0.25, 0.3) is 5.91 Å². The van der Waals surface area contributed by atoms with Crippen LogP contribution in [0.1, 0.15) is 29.7 Å². The van der Waals surface area contributed by atoms with E-state index in [-0.39, 0.29) is 46.1 Å². The predicted octanol–water partition coefficient (Wildman–Crippen LogP) is 5.85. The Balaban J connectivity index is 1.93. The number of aromatic nitrogens is 1. The highest BCUT2D eigenvalue weighted by atomic mass is 32.2. The SMILES string of the molecule is O=C(O)CCCN1C(=O)C(=Cc2cccc(-c3cc(C(F)(F)F)cc(C(F)(F)F)c3)n2)SC1=S. The lowest BCUT2D eigenvalue weighted by atomic mass is 10.0. The summed E-state index contributed by atoms with van der Waals surface area (Å²) in [6, 6.07) is 5.24. The number of halogens is 6. The lowest BCUT2D eigenvalue weighted by Gasteiger charge is -2.14. The highest BCUT2D eigenvalue weighted by Gasteiger charge is 2.37. The number of carbonyl (C=O) groups is 2. The molecule has 0 atom stereocenters. The fourth-order valence-corrected chi connectivity index (χ4v) is 4.30. The molecular weight excluding hydrogens is 506 g/mol. The third-order valence-electron chi connectivity index (χ3n) is 4.58. The van der Waals surface area contributed by atoms with Gasteiger partial charge in [-0.3, -0.25) is 14.5 Å². The Bertz CT molecular complexity index is 1150. The second-order valence-corrected chi connectivity index (χ2v) is 8.75. The number of amides is 1. The molecule has 0 spiro atoms. The van der Waals surface area contributed by atoms with E-state index >= 15 is 0 Å². The molecule has 5 nitrogen and oxygen atoms in total. The van der Waals surface area contributed by atoms with E-state index in [1.165, 1.54) is 29.2 Å². The first-order valence-electron chi connectivity index (χ1n) is 9.50. The molecule has 3 rings (SSSR count). The Hall–Kier alpha value is -2.93. The van der Waals surface area contributed by atoms with Crippen molar-refractivity contribution in [3.63, 3.8) is 0 Å². The van der Waals surface area contributed by atoms with Crippen molar-refractivity contribution in [3.8, 4) is 11.3 Å². The van der Waals surface area contributed by atoms with Crippen LogP contribution >= 0.6 is 24.0 Å². The summed E-state index contributed by atoms with van der Waals surface area (Å²) in [7, 11) is 0. The summed E-state index contributed by atoms with van der Waals surface area (Å²) >= 11 is 6.07. The summed E-state index contributed by atoms with van der Waals surface area (Å²) in [5, 5.41) is 8.72. The largest absolute Gasteiger partial charge is 0.481 e. The first-order chi connectivity index (χ1) is 15.8. The van der Waals surface area contributed by atoms with Crippen LogP contribution in [-0.4, -0.2) is 37.7 Å². The number of pyridine rings is 1. The number of carbonyl (C=O) groups excluding carboxylic acids is 1. The third-order valence-corrected chi connectivity index (χ3v) is 5.96. The van der Waals surface area contributed by atoms with Crippen molar-refractivity contribution in [2.45, 2.75) is 25.2 Å². The summed E-state index contributed by atoms with van der Waals surface area (Å²) in [5.74, 6) is -1.52. The fraction of sp³-hybridized carbons (Fsp3) is 0.238. The number of alkyl halides is 6. The topological polar surface area (TPSA) is 70.5 Å². The standard InChI is InChI=1S/C21H14F6N2O3S2/c22-20(23,24)12-7-11(8-13(9-12)21(25,26)27)15-4-1-3-14(28-15)10-16-18(32)29(19(33)34-16)6-2-5-17(30)31/h1,3-4,7-10H,2,5-6H2,(H,30,31). The zero-order valence-electron chi connectivity index (χ0n) is 16.9. The van der Waals surface area contributed by atoms with Gasteiger partial charge in [-0.05, 0) is 42.8 Å². The Morgan fingerprint density at radius 2 is 1.71 bits per heavy atom. The molecule has 2 aromatic rings. The van der Waals surface area contributed by atoms with E-state index in [4.69, 9.17) is 17.3 Å². The molecule has 0 aliphatic carbocycles. The lowest BCUT2D eigenvalue weighted by Crippen LogP contribution is -2.29. The van der Waals surface area contributed by atoms with Crippen LogP contribution in [0, 0.1) is 0 Å². The Morgan fingerprint density at radius 3 is 2.26 bits per heavy atom. The number of aliphatic carboxylic acids is 1.